The van der Waals surface area contributed by atoms with E-state index in [1.54, 1.807) is 41.8 Å². The highest BCUT2D eigenvalue weighted by Crippen LogP contribution is 2.25. The Morgan fingerprint density at radius 1 is 1.06 bits per heavy atom. The Bertz CT molecular complexity index is 1250. The van der Waals surface area contributed by atoms with Crippen molar-refractivity contribution in [3.63, 3.8) is 0 Å². The number of aliphatic carboxylic acids is 1. The Kier molecular flexibility index (Phi) is 6.23. The molecule has 1 N–H and O–H groups in total. The molecule has 1 fully saturated rings. The van der Waals surface area contributed by atoms with Crippen LogP contribution in [0, 0.1) is 6.92 Å². The highest BCUT2D eigenvalue weighted by molar-refractivity contribution is 7.16. The van der Waals surface area contributed by atoms with Crippen LogP contribution in [0.25, 0.3) is 10.2 Å². The van der Waals surface area contributed by atoms with Crippen molar-refractivity contribution in [1.29, 1.82) is 0 Å². The molecule has 4 rings (SSSR count). The number of amides is 2. The summed E-state index contributed by atoms with van der Waals surface area (Å²) in [6, 6.07) is 11.5. The lowest BCUT2D eigenvalue weighted by Gasteiger charge is -2.16. The molecule has 1 saturated heterocycles. The van der Waals surface area contributed by atoms with Crippen LogP contribution in [-0.2, 0) is 4.79 Å². The average Bonchev–Trinajstić information content (AvgIpc) is 3.42. The molecule has 2 heterocycles. The zero-order valence-corrected chi connectivity index (χ0v) is 18.9. The second-order valence-corrected chi connectivity index (χ2v) is 8.99. The summed E-state index contributed by atoms with van der Waals surface area (Å²) in [4.78, 5) is 44.0. The zero-order chi connectivity index (χ0) is 22.8. The Morgan fingerprint density at radius 2 is 1.72 bits per heavy atom. The number of aromatic nitrogens is 1. The van der Waals surface area contributed by atoms with Gasteiger partial charge in [0, 0.05) is 24.2 Å². The molecule has 1 aliphatic rings. The molecule has 3 aromatic rings. The number of hydrogen-bond donors (Lipinski definition) is 1. The quantitative estimate of drug-likeness (QED) is 0.634. The number of likely N-dealkylation sites (tertiary alicyclic amines) is 1. The number of carboxylic acid groups (broad SMARTS) is 1. The third-order valence-electron chi connectivity index (χ3n) is 5.75. The summed E-state index contributed by atoms with van der Waals surface area (Å²) < 4.78 is 2.32. The number of carbonyl (C=O) groups excluding carboxylic acids is 2. The first-order valence-corrected chi connectivity index (χ1v) is 11.5. The summed E-state index contributed by atoms with van der Waals surface area (Å²) in [5.74, 6) is -1.45. The minimum Gasteiger partial charge on any atom is -0.480 e. The number of carboxylic acids is 1. The van der Waals surface area contributed by atoms with Crippen molar-refractivity contribution in [2.24, 2.45) is 4.99 Å². The summed E-state index contributed by atoms with van der Waals surface area (Å²) >= 11 is 1.23. The van der Waals surface area contributed by atoms with Gasteiger partial charge in [-0.15, -0.1) is 0 Å². The Labute approximate surface area is 189 Å². The minimum absolute atomic E-state index is 0.0242. The summed E-state index contributed by atoms with van der Waals surface area (Å²) in [5, 5.41) is 9.79. The topological polar surface area (TPSA) is 92.0 Å². The predicted octanol–water partition coefficient (Wildman–Crippen LogP) is 4.02. The van der Waals surface area contributed by atoms with Gasteiger partial charge in [0.2, 0.25) is 0 Å². The fourth-order valence-corrected chi connectivity index (χ4v) is 5.08. The van der Waals surface area contributed by atoms with Gasteiger partial charge in [-0.1, -0.05) is 36.0 Å². The molecule has 166 valence electrons. The van der Waals surface area contributed by atoms with Crippen LogP contribution in [0.5, 0.6) is 0 Å². The lowest BCUT2D eigenvalue weighted by molar-refractivity contribution is -0.140. The van der Waals surface area contributed by atoms with Gasteiger partial charge in [0.05, 0.1) is 10.2 Å². The standard InChI is InChI=1S/C24H25N3O4S/c1-3-18(23(30)31)27-19-11-10-17(22(29)26-12-4-5-13-26)14-20(19)32-24(27)25-21(28)16-8-6-15(2)7-9-16/h6-11,14,18H,3-5,12-13H2,1-2H3,(H,30,31)/b25-24-. The molecule has 0 bridgehead atoms. The van der Waals surface area contributed by atoms with Crippen LogP contribution in [0.1, 0.15) is 58.5 Å². The van der Waals surface area contributed by atoms with Gasteiger partial charge < -0.3 is 14.6 Å². The fraction of sp³-hybridized carbons (Fsp3) is 0.333. The van der Waals surface area contributed by atoms with E-state index in [1.165, 1.54) is 11.3 Å². The molecule has 0 saturated carbocycles. The summed E-state index contributed by atoms with van der Waals surface area (Å²) in [6.07, 6.45) is 2.35. The fourth-order valence-electron chi connectivity index (χ4n) is 3.97. The zero-order valence-electron chi connectivity index (χ0n) is 18.1. The average molecular weight is 452 g/mol. The van der Waals surface area contributed by atoms with Gasteiger partial charge in [-0.3, -0.25) is 9.59 Å². The van der Waals surface area contributed by atoms with Crippen molar-refractivity contribution in [3.05, 3.63) is 64.0 Å². The molecule has 0 radical (unpaired) electrons. The normalized spacial score (nSPS) is 15.3. The van der Waals surface area contributed by atoms with Gasteiger partial charge in [-0.05, 0) is 56.5 Å². The molecule has 1 aromatic heterocycles. The van der Waals surface area contributed by atoms with Gasteiger partial charge in [0.25, 0.3) is 11.8 Å². The molecule has 8 heteroatoms. The molecule has 2 amide bonds. The lowest BCUT2D eigenvalue weighted by atomic mass is 10.1. The number of carbonyl (C=O) groups is 3. The smallest absolute Gasteiger partial charge is 0.326 e. The molecule has 7 nitrogen and oxygen atoms in total. The maximum atomic E-state index is 12.8. The predicted molar refractivity (Wildman–Crippen MR) is 123 cm³/mol. The number of thiazole rings is 1. The highest BCUT2D eigenvalue weighted by atomic mass is 32.1. The first-order valence-electron chi connectivity index (χ1n) is 10.7. The van der Waals surface area contributed by atoms with E-state index in [2.05, 4.69) is 4.99 Å². The van der Waals surface area contributed by atoms with Gasteiger partial charge in [0.1, 0.15) is 6.04 Å². The minimum atomic E-state index is -0.992. The molecule has 32 heavy (non-hydrogen) atoms. The molecule has 1 unspecified atom stereocenters. The van der Waals surface area contributed by atoms with Crippen molar-refractivity contribution >= 4 is 39.3 Å². The first-order chi connectivity index (χ1) is 15.4. The van der Waals surface area contributed by atoms with Crippen LogP contribution in [0.2, 0.25) is 0 Å². The highest BCUT2D eigenvalue weighted by Gasteiger charge is 2.24. The third-order valence-corrected chi connectivity index (χ3v) is 6.76. The Morgan fingerprint density at radius 3 is 2.34 bits per heavy atom. The molecular formula is C24H25N3O4S. The van der Waals surface area contributed by atoms with E-state index in [4.69, 9.17) is 0 Å². The van der Waals surface area contributed by atoms with Crippen molar-refractivity contribution in [3.8, 4) is 0 Å². The van der Waals surface area contributed by atoms with Gasteiger partial charge >= 0.3 is 5.97 Å². The second kappa shape index (κ2) is 9.08. The lowest BCUT2D eigenvalue weighted by Crippen LogP contribution is -2.28. The van der Waals surface area contributed by atoms with Crippen molar-refractivity contribution in [2.45, 2.75) is 39.2 Å². The Hall–Kier alpha value is -3.26. The van der Waals surface area contributed by atoms with Gasteiger partial charge in [0.15, 0.2) is 4.80 Å². The number of rotatable bonds is 5. The first kappa shape index (κ1) is 22.0. The van der Waals surface area contributed by atoms with E-state index in [1.807, 2.05) is 24.0 Å². The number of aryl methyl sites for hydroxylation is 1. The van der Waals surface area contributed by atoms with Crippen LogP contribution in [0.3, 0.4) is 0 Å². The van der Waals surface area contributed by atoms with Gasteiger partial charge in [-0.25, -0.2) is 4.79 Å². The van der Waals surface area contributed by atoms with E-state index in [-0.39, 0.29) is 5.91 Å². The number of hydrogen-bond acceptors (Lipinski definition) is 4. The van der Waals surface area contributed by atoms with Crippen LogP contribution in [0.15, 0.2) is 47.5 Å². The third kappa shape index (κ3) is 4.23. The largest absolute Gasteiger partial charge is 0.480 e. The molecule has 1 atom stereocenters. The number of benzene rings is 2. The number of fused-ring (bicyclic) bond motifs is 1. The summed E-state index contributed by atoms with van der Waals surface area (Å²) in [6.45, 7) is 5.23. The van der Waals surface area contributed by atoms with Crippen molar-refractivity contribution in [2.75, 3.05) is 13.1 Å². The van der Waals surface area contributed by atoms with E-state index >= 15 is 0 Å². The molecule has 1 aliphatic heterocycles. The maximum Gasteiger partial charge on any atom is 0.326 e. The Balaban J connectivity index is 1.84. The molecule has 2 aromatic carbocycles. The van der Waals surface area contributed by atoms with Crippen molar-refractivity contribution in [1.82, 2.24) is 9.47 Å². The SMILES string of the molecule is CCC(C(=O)O)n1/c(=N/C(=O)c2ccc(C)cc2)sc2cc(C(=O)N3CCCC3)ccc21. The van der Waals surface area contributed by atoms with Gasteiger partial charge in [-0.2, -0.15) is 4.99 Å². The van der Waals surface area contributed by atoms with Crippen LogP contribution >= 0.6 is 11.3 Å². The van der Waals surface area contributed by atoms with E-state index < -0.39 is 17.9 Å². The summed E-state index contributed by atoms with van der Waals surface area (Å²) in [5.41, 5.74) is 2.68. The molecule has 0 spiro atoms. The van der Waals surface area contributed by atoms with E-state index in [9.17, 15) is 19.5 Å². The van der Waals surface area contributed by atoms with E-state index in [0.717, 1.165) is 36.2 Å². The second-order valence-electron chi connectivity index (χ2n) is 7.98. The molecule has 0 aliphatic carbocycles. The summed E-state index contributed by atoms with van der Waals surface area (Å²) in [7, 11) is 0. The maximum absolute atomic E-state index is 12.8. The van der Waals surface area contributed by atoms with Crippen LogP contribution in [0.4, 0.5) is 0 Å². The van der Waals surface area contributed by atoms with E-state index in [0.29, 0.717) is 27.9 Å². The van der Waals surface area contributed by atoms with Crippen LogP contribution < -0.4 is 4.80 Å². The van der Waals surface area contributed by atoms with Crippen LogP contribution in [-0.4, -0.2) is 45.4 Å². The number of nitrogens with zero attached hydrogens (tertiary/aromatic N) is 3. The monoisotopic (exact) mass is 451 g/mol. The van der Waals surface area contributed by atoms with Crippen molar-refractivity contribution < 1.29 is 19.5 Å². The molecular weight excluding hydrogens is 426 g/mol.